The van der Waals surface area contributed by atoms with E-state index < -0.39 is 0 Å². The van der Waals surface area contributed by atoms with Gasteiger partial charge in [0, 0.05) is 13.5 Å². The Bertz CT molecular complexity index is 639. The number of hydrogen-bond acceptors (Lipinski definition) is 5. The van der Waals surface area contributed by atoms with Gasteiger partial charge in [-0.1, -0.05) is 17.4 Å². The van der Waals surface area contributed by atoms with Gasteiger partial charge in [-0.2, -0.15) is 0 Å². The molecule has 0 aliphatic heterocycles. The Balaban J connectivity index is 2.26. The lowest BCUT2D eigenvalue weighted by Gasteiger charge is -2.19. The summed E-state index contributed by atoms with van der Waals surface area (Å²) in [5.41, 5.74) is 0.836. The zero-order chi connectivity index (χ0) is 16.1. The van der Waals surface area contributed by atoms with E-state index in [-0.39, 0.29) is 5.91 Å². The number of para-hydroxylation sites is 1. The molecule has 0 bridgehead atoms. The average molecular weight is 321 g/mol. The van der Waals surface area contributed by atoms with E-state index in [4.69, 9.17) is 4.74 Å². The molecule has 0 N–H and O–H groups in total. The minimum atomic E-state index is 0.0239. The van der Waals surface area contributed by atoms with Crippen molar-refractivity contribution in [3.05, 3.63) is 18.2 Å². The van der Waals surface area contributed by atoms with Crippen LogP contribution >= 0.6 is 11.3 Å². The first-order chi connectivity index (χ1) is 10.5. The smallest absolute Gasteiger partial charge is 0.225 e. The van der Waals surface area contributed by atoms with E-state index in [0.29, 0.717) is 13.2 Å². The lowest BCUT2D eigenvalue weighted by Crippen LogP contribution is -2.31. The van der Waals surface area contributed by atoms with E-state index in [2.05, 4.69) is 9.88 Å². The van der Waals surface area contributed by atoms with Crippen molar-refractivity contribution in [2.75, 3.05) is 38.7 Å². The zero-order valence-corrected chi connectivity index (χ0v) is 14.4. The maximum Gasteiger partial charge on any atom is 0.225 e. The third-order valence-electron chi connectivity index (χ3n) is 3.27. The van der Waals surface area contributed by atoms with Crippen LogP contribution in [0.3, 0.4) is 0 Å². The highest BCUT2D eigenvalue weighted by molar-refractivity contribution is 7.22. The zero-order valence-electron chi connectivity index (χ0n) is 13.6. The van der Waals surface area contributed by atoms with Crippen molar-refractivity contribution in [3.8, 4) is 5.75 Å². The fourth-order valence-electron chi connectivity index (χ4n) is 2.23. The normalized spacial score (nSPS) is 11.1. The first kappa shape index (κ1) is 16.7. The molecule has 120 valence electrons. The molecule has 22 heavy (non-hydrogen) atoms. The molecule has 1 aromatic carbocycles. The average Bonchev–Trinajstić information content (AvgIpc) is 2.87. The number of hydrogen-bond donors (Lipinski definition) is 0. The maximum absolute atomic E-state index is 12.0. The van der Waals surface area contributed by atoms with Gasteiger partial charge in [-0.05, 0) is 46.1 Å². The minimum absolute atomic E-state index is 0.0239. The number of rotatable bonds is 7. The molecule has 0 aliphatic rings. The van der Waals surface area contributed by atoms with Crippen molar-refractivity contribution in [1.29, 1.82) is 0 Å². The van der Waals surface area contributed by atoms with Gasteiger partial charge in [0.25, 0.3) is 0 Å². The molecule has 0 fully saturated rings. The highest BCUT2D eigenvalue weighted by atomic mass is 32.1. The number of aromatic nitrogens is 1. The van der Waals surface area contributed by atoms with Gasteiger partial charge in [-0.3, -0.25) is 9.69 Å². The van der Waals surface area contributed by atoms with Crippen LogP contribution in [0, 0.1) is 0 Å². The first-order valence-electron chi connectivity index (χ1n) is 7.48. The van der Waals surface area contributed by atoms with Crippen LogP contribution in [0.25, 0.3) is 10.2 Å². The number of nitrogens with zero attached hydrogens (tertiary/aromatic N) is 3. The molecule has 0 saturated carbocycles. The molecule has 5 nitrogen and oxygen atoms in total. The maximum atomic E-state index is 12.0. The number of fused-ring (bicyclic) bond motifs is 1. The lowest BCUT2D eigenvalue weighted by molar-refractivity contribution is -0.116. The third-order valence-corrected chi connectivity index (χ3v) is 4.31. The molecule has 6 heteroatoms. The summed E-state index contributed by atoms with van der Waals surface area (Å²) in [4.78, 5) is 20.5. The van der Waals surface area contributed by atoms with Crippen LogP contribution in [-0.2, 0) is 4.79 Å². The monoisotopic (exact) mass is 321 g/mol. The highest BCUT2D eigenvalue weighted by Gasteiger charge is 2.17. The Hall–Kier alpha value is -1.66. The number of benzene rings is 1. The molecule has 0 spiro atoms. The van der Waals surface area contributed by atoms with E-state index in [1.807, 2.05) is 39.2 Å². The standard InChI is InChI=1S/C16H23N3O2S/c1-5-21-13-8-6-9-14-15(13)17-16(22-14)19(12(2)20)11-7-10-18(3)4/h6,8-9H,5,7,10-11H2,1-4H3. The van der Waals surface area contributed by atoms with Crippen molar-refractivity contribution in [1.82, 2.24) is 9.88 Å². The summed E-state index contributed by atoms with van der Waals surface area (Å²) in [6.45, 7) is 5.77. The molecule has 2 rings (SSSR count). The van der Waals surface area contributed by atoms with Gasteiger partial charge in [-0.25, -0.2) is 4.98 Å². The second-order valence-corrected chi connectivity index (χ2v) is 6.37. The Morgan fingerprint density at radius 3 is 2.73 bits per heavy atom. The quantitative estimate of drug-likeness (QED) is 0.786. The molecular formula is C16H23N3O2S. The van der Waals surface area contributed by atoms with E-state index in [1.165, 1.54) is 11.3 Å². The minimum Gasteiger partial charge on any atom is -0.492 e. The molecule has 0 radical (unpaired) electrons. The van der Waals surface area contributed by atoms with Crippen LogP contribution in [-0.4, -0.2) is 49.6 Å². The molecule has 1 heterocycles. The van der Waals surface area contributed by atoms with E-state index in [9.17, 15) is 4.79 Å². The van der Waals surface area contributed by atoms with Gasteiger partial charge in [0.1, 0.15) is 11.3 Å². The van der Waals surface area contributed by atoms with Gasteiger partial charge in [0.15, 0.2) is 5.13 Å². The van der Waals surface area contributed by atoms with Gasteiger partial charge in [0.05, 0.1) is 11.3 Å². The van der Waals surface area contributed by atoms with Gasteiger partial charge >= 0.3 is 0 Å². The van der Waals surface area contributed by atoms with Crippen molar-refractivity contribution >= 4 is 32.6 Å². The lowest BCUT2D eigenvalue weighted by atomic mass is 10.3. The van der Waals surface area contributed by atoms with Crippen LogP contribution < -0.4 is 9.64 Å². The van der Waals surface area contributed by atoms with Crippen molar-refractivity contribution in [2.24, 2.45) is 0 Å². The topological polar surface area (TPSA) is 45.7 Å². The third kappa shape index (κ3) is 3.96. The van der Waals surface area contributed by atoms with Gasteiger partial charge < -0.3 is 9.64 Å². The second-order valence-electron chi connectivity index (χ2n) is 5.36. The predicted molar refractivity (Wildman–Crippen MR) is 92.0 cm³/mol. The fraction of sp³-hybridized carbons (Fsp3) is 0.500. The molecule has 1 aromatic heterocycles. The molecule has 0 atom stereocenters. The molecule has 0 saturated heterocycles. The number of carbonyl (C=O) groups excluding carboxylic acids is 1. The van der Waals surface area contributed by atoms with Crippen LogP contribution in [0.1, 0.15) is 20.3 Å². The Kier molecular flexibility index (Phi) is 5.74. The SMILES string of the molecule is CCOc1cccc2sc(N(CCCN(C)C)C(C)=O)nc12. The number of thiazole rings is 1. The summed E-state index contributed by atoms with van der Waals surface area (Å²) >= 11 is 1.53. The van der Waals surface area contributed by atoms with Crippen LogP contribution in [0.15, 0.2) is 18.2 Å². The summed E-state index contributed by atoms with van der Waals surface area (Å²) < 4.78 is 6.66. The van der Waals surface area contributed by atoms with E-state index in [1.54, 1.807) is 11.8 Å². The first-order valence-corrected chi connectivity index (χ1v) is 8.29. The van der Waals surface area contributed by atoms with Gasteiger partial charge in [0.2, 0.25) is 5.91 Å². The molecular weight excluding hydrogens is 298 g/mol. The van der Waals surface area contributed by atoms with Crippen molar-refractivity contribution in [2.45, 2.75) is 20.3 Å². The molecule has 1 amide bonds. The summed E-state index contributed by atoms with van der Waals surface area (Å²) in [6.07, 6.45) is 0.917. The Morgan fingerprint density at radius 1 is 1.32 bits per heavy atom. The van der Waals surface area contributed by atoms with E-state index in [0.717, 1.165) is 34.1 Å². The predicted octanol–water partition coefficient (Wildman–Crippen LogP) is 3.00. The Labute approximate surface area is 135 Å². The van der Waals surface area contributed by atoms with Crippen LogP contribution in [0.2, 0.25) is 0 Å². The summed E-state index contributed by atoms with van der Waals surface area (Å²) in [5, 5.41) is 0.744. The second kappa shape index (κ2) is 7.56. The fourth-order valence-corrected chi connectivity index (χ4v) is 3.29. The molecule has 0 aliphatic carbocycles. The summed E-state index contributed by atoms with van der Waals surface area (Å²) in [7, 11) is 4.06. The number of anilines is 1. The van der Waals surface area contributed by atoms with Crippen LogP contribution in [0.4, 0.5) is 5.13 Å². The Morgan fingerprint density at radius 2 is 2.09 bits per heavy atom. The highest BCUT2D eigenvalue weighted by Crippen LogP contribution is 2.34. The largest absolute Gasteiger partial charge is 0.492 e. The molecule has 2 aromatic rings. The summed E-state index contributed by atoms with van der Waals surface area (Å²) in [6, 6.07) is 5.88. The van der Waals surface area contributed by atoms with Crippen molar-refractivity contribution < 1.29 is 9.53 Å². The number of amides is 1. The summed E-state index contributed by atoms with van der Waals surface area (Å²) in [5.74, 6) is 0.801. The van der Waals surface area contributed by atoms with Crippen molar-refractivity contribution in [3.63, 3.8) is 0 Å². The van der Waals surface area contributed by atoms with E-state index >= 15 is 0 Å². The van der Waals surface area contributed by atoms with Crippen LogP contribution in [0.5, 0.6) is 5.75 Å². The number of carbonyl (C=O) groups is 1. The number of ether oxygens (including phenoxy) is 1. The molecule has 0 unspecified atom stereocenters. The van der Waals surface area contributed by atoms with Gasteiger partial charge in [-0.15, -0.1) is 0 Å².